The molecule has 0 aliphatic heterocycles. The summed E-state index contributed by atoms with van der Waals surface area (Å²) in [6.07, 6.45) is 7.05. The third-order valence-corrected chi connectivity index (χ3v) is 4.13. The average molecular weight is 251 g/mol. The van der Waals surface area contributed by atoms with Gasteiger partial charge in [-0.1, -0.05) is 13.8 Å². The van der Waals surface area contributed by atoms with E-state index in [0.717, 1.165) is 31.7 Å². The summed E-state index contributed by atoms with van der Waals surface area (Å²) in [5, 5.41) is 12.5. The van der Waals surface area contributed by atoms with Gasteiger partial charge in [0.25, 0.3) is 0 Å². The first-order chi connectivity index (χ1) is 8.69. The van der Waals surface area contributed by atoms with Crippen molar-refractivity contribution >= 4 is 0 Å². The first-order valence-corrected chi connectivity index (χ1v) is 7.52. The van der Waals surface area contributed by atoms with Gasteiger partial charge in [0, 0.05) is 6.54 Å². The second-order valence-electron chi connectivity index (χ2n) is 5.65. The van der Waals surface area contributed by atoms with Gasteiger partial charge in [-0.25, -0.2) is 0 Å². The molecule has 0 aromatic heterocycles. The summed E-state index contributed by atoms with van der Waals surface area (Å²) in [5.41, 5.74) is -0.308. The van der Waals surface area contributed by atoms with Crippen LogP contribution in [0.2, 0.25) is 0 Å². The normalized spacial score (nSPS) is 18.6. The number of rotatable bonds is 10. The van der Waals surface area contributed by atoms with E-state index < -0.39 is 0 Å². The Morgan fingerprint density at radius 1 is 1.33 bits per heavy atom. The van der Waals surface area contributed by atoms with Crippen LogP contribution < -0.4 is 5.32 Å². The van der Waals surface area contributed by atoms with Crippen LogP contribution in [0.4, 0.5) is 0 Å². The van der Waals surface area contributed by atoms with E-state index >= 15 is 0 Å². The van der Waals surface area contributed by atoms with Crippen LogP contribution in [-0.4, -0.2) is 37.1 Å². The van der Waals surface area contributed by atoms with Gasteiger partial charge in [0.05, 0.1) is 6.07 Å². The molecular weight excluding hydrogens is 222 g/mol. The highest BCUT2D eigenvalue weighted by molar-refractivity contribution is 5.05. The minimum Gasteiger partial charge on any atom is -0.303 e. The van der Waals surface area contributed by atoms with Crippen LogP contribution in [0.25, 0.3) is 0 Å². The van der Waals surface area contributed by atoms with Gasteiger partial charge in [-0.2, -0.15) is 5.26 Å². The zero-order valence-electron chi connectivity index (χ0n) is 12.3. The quantitative estimate of drug-likeness (QED) is 0.649. The van der Waals surface area contributed by atoms with E-state index in [-0.39, 0.29) is 5.54 Å². The van der Waals surface area contributed by atoms with Crippen molar-refractivity contribution in [3.63, 3.8) is 0 Å². The smallest absolute Gasteiger partial charge is 0.106 e. The number of nitrogens with zero attached hydrogens (tertiary/aromatic N) is 2. The third kappa shape index (κ3) is 4.96. The lowest BCUT2D eigenvalue weighted by Gasteiger charge is -2.27. The number of hydrogen-bond donors (Lipinski definition) is 1. The maximum absolute atomic E-state index is 9.27. The molecule has 0 aromatic carbocycles. The van der Waals surface area contributed by atoms with Crippen molar-refractivity contribution in [3.8, 4) is 6.07 Å². The van der Waals surface area contributed by atoms with E-state index in [2.05, 4.69) is 30.1 Å². The predicted octanol–water partition coefficient (Wildman–Crippen LogP) is 2.78. The molecule has 0 heterocycles. The Morgan fingerprint density at radius 2 is 2.06 bits per heavy atom. The van der Waals surface area contributed by atoms with Crippen molar-refractivity contribution in [2.24, 2.45) is 5.92 Å². The minimum absolute atomic E-state index is 0.308. The van der Waals surface area contributed by atoms with E-state index in [0.29, 0.717) is 0 Å². The van der Waals surface area contributed by atoms with E-state index in [1.54, 1.807) is 0 Å². The monoisotopic (exact) mass is 251 g/mol. The molecule has 0 bridgehead atoms. The van der Waals surface area contributed by atoms with Crippen molar-refractivity contribution in [2.45, 2.75) is 57.9 Å². The fraction of sp³-hybridized carbons (Fsp3) is 0.933. The molecule has 3 nitrogen and oxygen atoms in total. The van der Waals surface area contributed by atoms with Crippen LogP contribution >= 0.6 is 0 Å². The molecule has 0 saturated heterocycles. The maximum Gasteiger partial charge on any atom is 0.106 e. The molecule has 1 fully saturated rings. The highest BCUT2D eigenvalue weighted by Crippen LogP contribution is 2.30. The lowest BCUT2D eigenvalue weighted by Crippen LogP contribution is -2.41. The van der Waals surface area contributed by atoms with E-state index in [1.165, 1.54) is 32.4 Å². The van der Waals surface area contributed by atoms with Crippen molar-refractivity contribution in [2.75, 3.05) is 26.7 Å². The standard InChI is InChI=1S/C15H29N3/c1-4-10-18(12-14-7-8-14)11-6-9-15(5-2,13-16)17-3/h14,17H,4-12H2,1-3H3. The highest BCUT2D eigenvalue weighted by Gasteiger charge is 2.26. The SMILES string of the molecule is CCCN(CCCC(C#N)(CC)NC)CC1CC1. The Morgan fingerprint density at radius 3 is 2.50 bits per heavy atom. The Bertz CT molecular complexity index is 261. The van der Waals surface area contributed by atoms with Crippen LogP contribution in [0.3, 0.4) is 0 Å². The molecule has 1 aliphatic carbocycles. The van der Waals surface area contributed by atoms with E-state index in [4.69, 9.17) is 0 Å². The molecule has 0 aromatic rings. The summed E-state index contributed by atoms with van der Waals surface area (Å²) in [7, 11) is 1.90. The van der Waals surface area contributed by atoms with Crippen molar-refractivity contribution < 1.29 is 0 Å². The van der Waals surface area contributed by atoms with Crippen LogP contribution in [0.15, 0.2) is 0 Å². The molecule has 1 unspecified atom stereocenters. The molecule has 104 valence electrons. The molecule has 0 amide bonds. The largest absolute Gasteiger partial charge is 0.303 e. The number of nitriles is 1. The van der Waals surface area contributed by atoms with Crippen LogP contribution in [0.5, 0.6) is 0 Å². The van der Waals surface area contributed by atoms with Crippen LogP contribution in [-0.2, 0) is 0 Å². The third-order valence-electron chi connectivity index (χ3n) is 4.13. The fourth-order valence-corrected chi connectivity index (χ4v) is 2.55. The summed E-state index contributed by atoms with van der Waals surface area (Å²) in [6.45, 7) is 7.98. The Hall–Kier alpha value is -0.590. The van der Waals surface area contributed by atoms with Gasteiger partial charge in [0.2, 0.25) is 0 Å². The Balaban J connectivity index is 2.30. The van der Waals surface area contributed by atoms with Gasteiger partial charge in [0.1, 0.15) is 5.54 Å². The van der Waals surface area contributed by atoms with E-state index in [1.807, 2.05) is 7.05 Å². The molecule has 18 heavy (non-hydrogen) atoms. The summed E-state index contributed by atoms with van der Waals surface area (Å²) in [5.74, 6) is 0.966. The fourth-order valence-electron chi connectivity index (χ4n) is 2.55. The topological polar surface area (TPSA) is 39.1 Å². The first kappa shape index (κ1) is 15.5. The van der Waals surface area contributed by atoms with Gasteiger partial charge in [0.15, 0.2) is 0 Å². The molecule has 0 spiro atoms. The van der Waals surface area contributed by atoms with Gasteiger partial charge < -0.3 is 10.2 Å². The van der Waals surface area contributed by atoms with Gasteiger partial charge in [-0.15, -0.1) is 0 Å². The molecule has 1 aliphatic rings. The summed E-state index contributed by atoms with van der Waals surface area (Å²) >= 11 is 0. The lowest BCUT2D eigenvalue weighted by atomic mass is 9.92. The van der Waals surface area contributed by atoms with Crippen molar-refractivity contribution in [1.29, 1.82) is 5.26 Å². The van der Waals surface area contributed by atoms with Gasteiger partial charge in [-0.05, 0) is 64.6 Å². The first-order valence-electron chi connectivity index (χ1n) is 7.52. The lowest BCUT2D eigenvalue weighted by molar-refractivity contribution is 0.246. The molecule has 1 N–H and O–H groups in total. The summed E-state index contributed by atoms with van der Waals surface area (Å²) < 4.78 is 0. The molecule has 0 radical (unpaired) electrons. The van der Waals surface area contributed by atoms with Gasteiger partial charge in [-0.3, -0.25) is 0 Å². The predicted molar refractivity (Wildman–Crippen MR) is 76.4 cm³/mol. The Kier molecular flexibility index (Phi) is 6.67. The number of nitrogens with one attached hydrogen (secondary N) is 1. The minimum atomic E-state index is -0.308. The molecule has 1 saturated carbocycles. The molecule has 3 heteroatoms. The molecule has 1 atom stereocenters. The average Bonchev–Trinajstić information content (AvgIpc) is 3.19. The second kappa shape index (κ2) is 7.76. The summed E-state index contributed by atoms with van der Waals surface area (Å²) in [6, 6.07) is 2.44. The zero-order valence-corrected chi connectivity index (χ0v) is 12.3. The molecular formula is C15H29N3. The van der Waals surface area contributed by atoms with E-state index in [9.17, 15) is 5.26 Å². The van der Waals surface area contributed by atoms with Crippen LogP contribution in [0.1, 0.15) is 52.4 Å². The second-order valence-corrected chi connectivity index (χ2v) is 5.65. The zero-order chi connectivity index (χ0) is 13.4. The number of hydrogen-bond acceptors (Lipinski definition) is 3. The maximum atomic E-state index is 9.27. The Labute approximate surface area is 113 Å². The molecule has 1 rings (SSSR count). The van der Waals surface area contributed by atoms with Gasteiger partial charge >= 0.3 is 0 Å². The highest BCUT2D eigenvalue weighted by atomic mass is 15.1. The van der Waals surface area contributed by atoms with Crippen molar-refractivity contribution in [3.05, 3.63) is 0 Å². The van der Waals surface area contributed by atoms with Crippen LogP contribution in [0, 0.1) is 17.2 Å². The van der Waals surface area contributed by atoms with Crippen molar-refractivity contribution in [1.82, 2.24) is 10.2 Å². The summed E-state index contributed by atoms with van der Waals surface area (Å²) in [4.78, 5) is 2.59.